The highest BCUT2D eigenvalue weighted by Gasteiger charge is 2.23. The van der Waals surface area contributed by atoms with E-state index in [2.05, 4.69) is 24.8 Å². The summed E-state index contributed by atoms with van der Waals surface area (Å²) in [5, 5.41) is 0.716. The molecule has 0 radical (unpaired) electrons. The van der Waals surface area contributed by atoms with E-state index in [1.165, 1.54) is 11.3 Å². The number of hydrogen-bond donors (Lipinski definition) is 0. The fourth-order valence-electron chi connectivity index (χ4n) is 3.62. The molecule has 0 fully saturated rings. The zero-order valence-electron chi connectivity index (χ0n) is 18.6. The predicted molar refractivity (Wildman–Crippen MR) is 126 cm³/mol. The number of para-hydroxylation sites is 1. The van der Waals surface area contributed by atoms with Gasteiger partial charge in [-0.15, -0.1) is 0 Å². The number of likely N-dealkylation sites (N-methyl/N-ethyl adjacent to an activating group) is 1. The molecule has 30 heavy (non-hydrogen) atoms. The third-order valence-electron chi connectivity index (χ3n) is 5.15. The van der Waals surface area contributed by atoms with Crippen molar-refractivity contribution >= 4 is 32.6 Å². The van der Waals surface area contributed by atoms with E-state index in [-0.39, 0.29) is 5.91 Å². The summed E-state index contributed by atoms with van der Waals surface area (Å²) >= 11 is 1.54. The third kappa shape index (κ3) is 4.99. The van der Waals surface area contributed by atoms with E-state index < -0.39 is 0 Å². The summed E-state index contributed by atoms with van der Waals surface area (Å²) < 4.78 is 6.78. The van der Waals surface area contributed by atoms with Crippen LogP contribution in [0.3, 0.4) is 0 Å². The SMILES string of the molecule is CCOc1cccc2sc(N(CCN(CC)CC)C(=O)c3cc(C)cc(C)c3)nc12. The van der Waals surface area contributed by atoms with Gasteiger partial charge in [0.15, 0.2) is 5.13 Å². The number of carbonyl (C=O) groups is 1. The van der Waals surface area contributed by atoms with Crippen LogP contribution in [-0.4, -0.2) is 48.6 Å². The summed E-state index contributed by atoms with van der Waals surface area (Å²) in [5.74, 6) is 0.756. The number of benzene rings is 2. The lowest BCUT2D eigenvalue weighted by Gasteiger charge is -2.25. The minimum absolute atomic E-state index is 0.00836. The molecule has 0 unspecified atom stereocenters. The summed E-state index contributed by atoms with van der Waals surface area (Å²) in [5.41, 5.74) is 3.70. The third-order valence-corrected chi connectivity index (χ3v) is 6.19. The van der Waals surface area contributed by atoms with Crippen molar-refractivity contribution in [3.63, 3.8) is 0 Å². The highest BCUT2D eigenvalue weighted by atomic mass is 32.1. The predicted octanol–water partition coefficient (Wildman–Crippen LogP) is 5.30. The molecule has 3 rings (SSSR count). The van der Waals surface area contributed by atoms with E-state index in [1.54, 1.807) is 0 Å². The van der Waals surface area contributed by atoms with Crippen LogP contribution in [0.1, 0.15) is 42.3 Å². The van der Waals surface area contributed by atoms with Gasteiger partial charge in [-0.1, -0.05) is 48.4 Å². The molecule has 0 aliphatic heterocycles. The maximum atomic E-state index is 13.6. The minimum Gasteiger partial charge on any atom is -0.492 e. The van der Waals surface area contributed by atoms with Gasteiger partial charge in [0.05, 0.1) is 11.3 Å². The molecule has 6 heteroatoms. The highest BCUT2D eigenvalue weighted by Crippen LogP contribution is 2.34. The Kier molecular flexibility index (Phi) is 7.45. The monoisotopic (exact) mass is 425 g/mol. The molecule has 0 spiro atoms. The number of aryl methyl sites for hydroxylation is 2. The summed E-state index contributed by atoms with van der Waals surface area (Å²) in [4.78, 5) is 22.5. The van der Waals surface area contributed by atoms with Crippen LogP contribution in [0.15, 0.2) is 36.4 Å². The Balaban J connectivity index is 2.01. The summed E-state index contributed by atoms with van der Waals surface area (Å²) in [7, 11) is 0. The molecule has 3 aromatic rings. The molecule has 0 saturated heterocycles. The lowest BCUT2D eigenvalue weighted by atomic mass is 10.1. The first-order valence-corrected chi connectivity index (χ1v) is 11.4. The zero-order chi connectivity index (χ0) is 21.7. The van der Waals surface area contributed by atoms with Crippen molar-refractivity contribution in [2.75, 3.05) is 37.7 Å². The van der Waals surface area contributed by atoms with Crippen LogP contribution in [-0.2, 0) is 0 Å². The van der Waals surface area contributed by atoms with E-state index in [4.69, 9.17) is 9.72 Å². The molecule has 1 heterocycles. The van der Waals surface area contributed by atoms with Crippen molar-refractivity contribution in [1.82, 2.24) is 9.88 Å². The molecule has 0 aliphatic carbocycles. The molecule has 0 atom stereocenters. The van der Waals surface area contributed by atoms with E-state index in [9.17, 15) is 4.79 Å². The maximum Gasteiger partial charge on any atom is 0.260 e. The largest absolute Gasteiger partial charge is 0.492 e. The van der Waals surface area contributed by atoms with Gasteiger partial charge in [0, 0.05) is 18.7 Å². The average molecular weight is 426 g/mol. The number of hydrogen-bond acceptors (Lipinski definition) is 5. The topological polar surface area (TPSA) is 45.7 Å². The maximum absolute atomic E-state index is 13.6. The van der Waals surface area contributed by atoms with Gasteiger partial charge >= 0.3 is 0 Å². The Labute approximate surface area is 183 Å². The molecule has 2 aromatic carbocycles. The Morgan fingerprint density at radius 3 is 2.37 bits per heavy atom. The van der Waals surface area contributed by atoms with E-state index in [1.807, 2.05) is 56.0 Å². The molecule has 0 saturated carbocycles. The number of amides is 1. The van der Waals surface area contributed by atoms with Crippen molar-refractivity contribution in [2.45, 2.75) is 34.6 Å². The standard InChI is InChI=1S/C24H31N3O2S/c1-6-26(7-2)12-13-27(23(28)19-15-17(4)14-18(5)16-19)24-25-22-20(29-8-3)10-9-11-21(22)30-24/h9-11,14-16H,6-8,12-13H2,1-5H3. The highest BCUT2D eigenvalue weighted by molar-refractivity contribution is 7.22. The number of ether oxygens (including phenoxy) is 1. The first kappa shape index (κ1) is 22.2. The van der Waals surface area contributed by atoms with Crippen molar-refractivity contribution in [3.05, 3.63) is 53.1 Å². The fraction of sp³-hybridized carbons (Fsp3) is 0.417. The van der Waals surface area contributed by atoms with Crippen LogP contribution >= 0.6 is 11.3 Å². The minimum atomic E-state index is -0.00836. The Morgan fingerprint density at radius 2 is 1.73 bits per heavy atom. The van der Waals surface area contributed by atoms with Crippen LogP contribution < -0.4 is 9.64 Å². The Bertz CT molecular complexity index is 991. The van der Waals surface area contributed by atoms with Crippen LogP contribution in [0.4, 0.5) is 5.13 Å². The number of nitrogens with zero attached hydrogens (tertiary/aromatic N) is 3. The van der Waals surface area contributed by atoms with Gasteiger partial charge in [-0.3, -0.25) is 9.69 Å². The van der Waals surface area contributed by atoms with Gasteiger partial charge in [0.2, 0.25) is 0 Å². The van der Waals surface area contributed by atoms with Gasteiger partial charge in [0.25, 0.3) is 5.91 Å². The Morgan fingerprint density at radius 1 is 1.03 bits per heavy atom. The summed E-state index contributed by atoms with van der Waals surface area (Å²) in [6.45, 7) is 14.2. The van der Waals surface area contributed by atoms with Crippen LogP contribution in [0.5, 0.6) is 5.75 Å². The first-order valence-electron chi connectivity index (χ1n) is 10.6. The van der Waals surface area contributed by atoms with E-state index >= 15 is 0 Å². The number of fused-ring (bicyclic) bond motifs is 1. The fourth-order valence-corrected chi connectivity index (χ4v) is 4.63. The molecule has 1 amide bonds. The molecule has 0 aliphatic rings. The number of rotatable bonds is 9. The lowest BCUT2D eigenvalue weighted by Crippen LogP contribution is -2.39. The second-order valence-corrected chi connectivity index (χ2v) is 8.40. The lowest BCUT2D eigenvalue weighted by molar-refractivity contribution is 0.0983. The molecule has 5 nitrogen and oxygen atoms in total. The molecule has 0 bridgehead atoms. The molecule has 1 aromatic heterocycles. The van der Waals surface area contributed by atoms with Crippen LogP contribution in [0.25, 0.3) is 10.2 Å². The van der Waals surface area contributed by atoms with E-state index in [0.29, 0.717) is 23.8 Å². The van der Waals surface area contributed by atoms with Crippen molar-refractivity contribution in [1.29, 1.82) is 0 Å². The molecular weight excluding hydrogens is 394 g/mol. The summed E-state index contributed by atoms with van der Waals surface area (Å²) in [6, 6.07) is 11.9. The van der Waals surface area contributed by atoms with Crippen LogP contribution in [0, 0.1) is 13.8 Å². The smallest absolute Gasteiger partial charge is 0.260 e. The van der Waals surface area contributed by atoms with Crippen molar-refractivity contribution in [3.8, 4) is 5.75 Å². The van der Waals surface area contributed by atoms with Crippen molar-refractivity contribution < 1.29 is 9.53 Å². The van der Waals surface area contributed by atoms with Crippen LogP contribution in [0.2, 0.25) is 0 Å². The summed E-state index contributed by atoms with van der Waals surface area (Å²) in [6.07, 6.45) is 0. The van der Waals surface area contributed by atoms with Crippen molar-refractivity contribution in [2.24, 2.45) is 0 Å². The Hall–Kier alpha value is -2.44. The second-order valence-electron chi connectivity index (χ2n) is 7.39. The van der Waals surface area contributed by atoms with Gasteiger partial charge in [-0.05, 0) is 58.1 Å². The average Bonchev–Trinajstić information content (AvgIpc) is 3.15. The van der Waals surface area contributed by atoms with Gasteiger partial charge in [0.1, 0.15) is 11.3 Å². The molecule has 160 valence electrons. The molecular formula is C24H31N3O2S. The second kappa shape index (κ2) is 10.0. The zero-order valence-corrected chi connectivity index (χ0v) is 19.4. The van der Waals surface area contributed by atoms with Gasteiger partial charge < -0.3 is 9.64 Å². The quantitative estimate of drug-likeness (QED) is 0.467. The number of carbonyl (C=O) groups excluding carboxylic acids is 1. The number of anilines is 1. The number of aromatic nitrogens is 1. The number of thiazole rings is 1. The molecule has 0 N–H and O–H groups in total. The van der Waals surface area contributed by atoms with Gasteiger partial charge in [-0.2, -0.15) is 0 Å². The normalized spacial score (nSPS) is 11.3. The van der Waals surface area contributed by atoms with Gasteiger partial charge in [-0.25, -0.2) is 4.98 Å². The first-order chi connectivity index (χ1) is 14.5. The van der Waals surface area contributed by atoms with E-state index in [0.717, 1.165) is 46.7 Å².